The third-order valence-electron chi connectivity index (χ3n) is 3.87. The first-order valence-corrected chi connectivity index (χ1v) is 8.25. The van der Waals surface area contributed by atoms with Gasteiger partial charge in [-0.15, -0.1) is 0 Å². The molecule has 0 aliphatic rings. The first-order valence-electron chi connectivity index (χ1n) is 7.50. The lowest BCUT2D eigenvalue weighted by Gasteiger charge is -2.10. The van der Waals surface area contributed by atoms with Crippen molar-refractivity contribution in [1.82, 2.24) is 9.97 Å². The molecular weight excluding hydrogens is 339 g/mol. The lowest BCUT2D eigenvalue weighted by Crippen LogP contribution is -1.94. The third-order valence-corrected chi connectivity index (χ3v) is 4.39. The Hall–Kier alpha value is -2.42. The largest absolute Gasteiger partial charge is 0.228 e. The molecule has 1 aromatic heterocycles. The molecule has 0 radical (unpaired) electrons. The van der Waals surface area contributed by atoms with E-state index in [9.17, 15) is 0 Å². The summed E-state index contributed by atoms with van der Waals surface area (Å²) in [7, 11) is 0. The van der Waals surface area contributed by atoms with Crippen LogP contribution in [0.15, 0.2) is 72.8 Å². The van der Waals surface area contributed by atoms with Crippen LogP contribution in [0.2, 0.25) is 10.2 Å². The van der Waals surface area contributed by atoms with E-state index in [0.717, 1.165) is 27.6 Å². The summed E-state index contributed by atoms with van der Waals surface area (Å²) in [5, 5.41) is 1.84. The molecule has 0 saturated carbocycles. The zero-order valence-electron chi connectivity index (χ0n) is 12.6. The fourth-order valence-corrected chi connectivity index (χ4v) is 3.14. The van der Waals surface area contributed by atoms with Crippen molar-refractivity contribution in [3.05, 3.63) is 83.0 Å². The minimum absolute atomic E-state index is 0.425. The highest BCUT2D eigenvalue weighted by molar-refractivity contribution is 6.35. The first-order chi connectivity index (χ1) is 11.7. The van der Waals surface area contributed by atoms with E-state index in [-0.39, 0.29) is 0 Å². The van der Waals surface area contributed by atoms with Crippen molar-refractivity contribution in [1.29, 1.82) is 0 Å². The van der Waals surface area contributed by atoms with Crippen LogP contribution in [0.1, 0.15) is 0 Å². The number of fused-ring (bicyclic) bond motifs is 1. The maximum Gasteiger partial charge on any atom is 0.162 e. The number of rotatable bonds is 2. The molecule has 0 N–H and O–H groups in total. The van der Waals surface area contributed by atoms with E-state index in [2.05, 4.69) is 28.2 Å². The molecule has 3 aromatic carbocycles. The number of benzene rings is 3. The second-order valence-electron chi connectivity index (χ2n) is 5.41. The summed E-state index contributed by atoms with van der Waals surface area (Å²) in [6.45, 7) is 0. The van der Waals surface area contributed by atoms with E-state index in [0.29, 0.717) is 16.0 Å². The average molecular weight is 351 g/mol. The van der Waals surface area contributed by atoms with Gasteiger partial charge in [0.05, 0.1) is 5.52 Å². The highest BCUT2D eigenvalue weighted by Gasteiger charge is 2.12. The highest BCUT2D eigenvalue weighted by Crippen LogP contribution is 2.32. The Labute approximate surface area is 149 Å². The summed E-state index contributed by atoms with van der Waals surface area (Å²) >= 11 is 12.5. The minimum atomic E-state index is 0.425. The Morgan fingerprint density at radius 1 is 0.667 bits per heavy atom. The molecule has 4 aromatic rings. The third kappa shape index (κ3) is 2.75. The van der Waals surface area contributed by atoms with Gasteiger partial charge in [0.1, 0.15) is 5.15 Å². The monoisotopic (exact) mass is 350 g/mol. The molecule has 116 valence electrons. The van der Waals surface area contributed by atoms with Crippen molar-refractivity contribution < 1.29 is 0 Å². The van der Waals surface area contributed by atoms with Gasteiger partial charge in [0.15, 0.2) is 5.82 Å². The lowest BCUT2D eigenvalue weighted by atomic mass is 9.99. The molecule has 0 amide bonds. The van der Waals surface area contributed by atoms with E-state index in [4.69, 9.17) is 23.2 Å². The SMILES string of the molecule is Clc1ccc2c(Cl)nc(-c3ccccc3-c3ccccc3)nc2c1. The Balaban J connectivity index is 1.96. The van der Waals surface area contributed by atoms with Gasteiger partial charge in [0.2, 0.25) is 0 Å². The van der Waals surface area contributed by atoms with Crippen LogP contribution < -0.4 is 0 Å². The summed E-state index contributed by atoms with van der Waals surface area (Å²) in [4.78, 5) is 9.17. The maximum atomic E-state index is 6.37. The molecule has 0 aliphatic carbocycles. The minimum Gasteiger partial charge on any atom is -0.228 e. The molecule has 0 unspecified atom stereocenters. The Kier molecular flexibility index (Phi) is 3.93. The number of hydrogen-bond acceptors (Lipinski definition) is 2. The molecule has 24 heavy (non-hydrogen) atoms. The van der Waals surface area contributed by atoms with Crippen LogP contribution in [0.25, 0.3) is 33.4 Å². The number of aromatic nitrogens is 2. The van der Waals surface area contributed by atoms with Crippen LogP contribution in [-0.4, -0.2) is 9.97 Å². The lowest BCUT2D eigenvalue weighted by molar-refractivity contribution is 1.23. The molecule has 2 nitrogen and oxygen atoms in total. The van der Waals surface area contributed by atoms with Gasteiger partial charge in [0, 0.05) is 16.0 Å². The van der Waals surface area contributed by atoms with Crippen LogP contribution in [0, 0.1) is 0 Å². The fraction of sp³-hybridized carbons (Fsp3) is 0. The average Bonchev–Trinajstić information content (AvgIpc) is 2.62. The molecule has 0 saturated heterocycles. The molecule has 0 aliphatic heterocycles. The molecule has 0 fully saturated rings. The fourth-order valence-electron chi connectivity index (χ4n) is 2.73. The highest BCUT2D eigenvalue weighted by atomic mass is 35.5. The topological polar surface area (TPSA) is 25.8 Å². The first kappa shape index (κ1) is 15.1. The molecule has 0 bridgehead atoms. The summed E-state index contributed by atoms with van der Waals surface area (Å²) in [5.74, 6) is 0.592. The molecule has 4 rings (SSSR count). The van der Waals surface area contributed by atoms with E-state index in [1.807, 2.05) is 42.5 Å². The van der Waals surface area contributed by atoms with Crippen molar-refractivity contribution in [2.24, 2.45) is 0 Å². The second-order valence-corrected chi connectivity index (χ2v) is 6.21. The molecule has 0 spiro atoms. The standard InChI is InChI=1S/C20H12Cl2N2/c21-14-10-11-17-18(12-14)23-20(24-19(17)22)16-9-5-4-8-15(16)13-6-2-1-3-7-13/h1-12H. The van der Waals surface area contributed by atoms with Gasteiger partial charge in [-0.2, -0.15) is 0 Å². The van der Waals surface area contributed by atoms with E-state index < -0.39 is 0 Å². The van der Waals surface area contributed by atoms with Crippen molar-refractivity contribution in [3.63, 3.8) is 0 Å². The van der Waals surface area contributed by atoms with Gasteiger partial charge in [-0.3, -0.25) is 0 Å². The molecule has 4 heteroatoms. The molecule has 1 heterocycles. The van der Waals surface area contributed by atoms with Gasteiger partial charge in [-0.1, -0.05) is 77.8 Å². The van der Waals surface area contributed by atoms with Crippen molar-refractivity contribution in [3.8, 4) is 22.5 Å². The second kappa shape index (κ2) is 6.23. The van der Waals surface area contributed by atoms with E-state index in [1.165, 1.54) is 0 Å². The summed E-state index contributed by atoms with van der Waals surface area (Å²) in [6.07, 6.45) is 0. The Morgan fingerprint density at radius 2 is 1.38 bits per heavy atom. The predicted molar refractivity (Wildman–Crippen MR) is 100 cm³/mol. The summed E-state index contributed by atoms with van der Waals surface area (Å²) < 4.78 is 0. The van der Waals surface area contributed by atoms with Crippen LogP contribution >= 0.6 is 23.2 Å². The van der Waals surface area contributed by atoms with Crippen LogP contribution in [0.4, 0.5) is 0 Å². The quantitative estimate of drug-likeness (QED) is 0.398. The number of halogens is 2. The van der Waals surface area contributed by atoms with Crippen molar-refractivity contribution in [2.45, 2.75) is 0 Å². The summed E-state index contributed by atoms with van der Waals surface area (Å²) in [6, 6.07) is 23.6. The summed E-state index contributed by atoms with van der Waals surface area (Å²) in [5.41, 5.74) is 3.85. The van der Waals surface area contributed by atoms with Crippen LogP contribution in [0.3, 0.4) is 0 Å². The van der Waals surface area contributed by atoms with Gasteiger partial charge in [-0.05, 0) is 29.3 Å². The number of nitrogens with zero attached hydrogens (tertiary/aromatic N) is 2. The normalized spacial score (nSPS) is 10.9. The zero-order valence-corrected chi connectivity index (χ0v) is 14.1. The van der Waals surface area contributed by atoms with Gasteiger partial charge >= 0.3 is 0 Å². The van der Waals surface area contributed by atoms with Crippen molar-refractivity contribution >= 4 is 34.1 Å². The van der Waals surface area contributed by atoms with Gasteiger partial charge in [-0.25, -0.2) is 9.97 Å². The molecular formula is C20H12Cl2N2. The zero-order chi connectivity index (χ0) is 16.5. The van der Waals surface area contributed by atoms with Crippen LogP contribution in [-0.2, 0) is 0 Å². The Morgan fingerprint density at radius 3 is 2.17 bits per heavy atom. The predicted octanol–water partition coefficient (Wildman–Crippen LogP) is 6.27. The van der Waals surface area contributed by atoms with Gasteiger partial charge in [0.25, 0.3) is 0 Å². The van der Waals surface area contributed by atoms with Crippen molar-refractivity contribution in [2.75, 3.05) is 0 Å². The van der Waals surface area contributed by atoms with Crippen LogP contribution in [0.5, 0.6) is 0 Å². The smallest absolute Gasteiger partial charge is 0.162 e. The Bertz CT molecular complexity index is 1030. The van der Waals surface area contributed by atoms with E-state index >= 15 is 0 Å². The number of hydrogen-bond donors (Lipinski definition) is 0. The van der Waals surface area contributed by atoms with Gasteiger partial charge < -0.3 is 0 Å². The van der Waals surface area contributed by atoms with E-state index in [1.54, 1.807) is 12.1 Å². The maximum absolute atomic E-state index is 6.37. The molecule has 0 atom stereocenters.